The average Bonchev–Trinajstić information content (AvgIpc) is 2.72. The van der Waals surface area contributed by atoms with Crippen molar-refractivity contribution in [3.05, 3.63) is 23.8 Å². The lowest BCUT2D eigenvalue weighted by Gasteiger charge is -2.26. The molecule has 0 heterocycles. The molecule has 0 bridgehead atoms. The average molecular weight is 433 g/mol. The van der Waals surface area contributed by atoms with E-state index < -0.39 is 5.60 Å². The molecule has 1 nitrogen and oxygen atoms in total. The van der Waals surface area contributed by atoms with Crippen molar-refractivity contribution in [2.45, 2.75) is 155 Å². The van der Waals surface area contributed by atoms with Crippen LogP contribution in [-0.4, -0.2) is 10.7 Å². The summed E-state index contributed by atoms with van der Waals surface area (Å²) < 4.78 is 0. The van der Waals surface area contributed by atoms with Gasteiger partial charge in [0, 0.05) is 0 Å². The third-order valence-electron chi connectivity index (χ3n) is 6.96. The number of aliphatic hydroxyl groups is 1. The Morgan fingerprint density at radius 2 is 1.13 bits per heavy atom. The molecule has 0 aromatic carbocycles. The molecule has 1 rings (SSSR count). The number of hydrogen-bond donors (Lipinski definition) is 1. The summed E-state index contributed by atoms with van der Waals surface area (Å²) in [6.45, 7) is 9.29. The Balaban J connectivity index is 1.97. The summed E-state index contributed by atoms with van der Waals surface area (Å²) in [6.07, 6.45) is 31.4. The fourth-order valence-corrected chi connectivity index (χ4v) is 4.71. The van der Waals surface area contributed by atoms with E-state index in [4.69, 9.17) is 0 Å². The molecule has 0 spiro atoms. The lowest BCUT2D eigenvalue weighted by atomic mass is 9.86. The molecule has 31 heavy (non-hydrogen) atoms. The van der Waals surface area contributed by atoms with Gasteiger partial charge in [-0.2, -0.15) is 0 Å². The summed E-state index contributed by atoms with van der Waals surface area (Å²) >= 11 is 0. The summed E-state index contributed by atoms with van der Waals surface area (Å²) in [4.78, 5) is 0. The third kappa shape index (κ3) is 16.7. The summed E-state index contributed by atoms with van der Waals surface area (Å²) in [5, 5.41) is 10.8. The van der Waals surface area contributed by atoms with Gasteiger partial charge in [0.05, 0.1) is 5.60 Å². The monoisotopic (exact) mass is 432 g/mol. The quantitative estimate of drug-likeness (QED) is 0.190. The zero-order valence-corrected chi connectivity index (χ0v) is 21.8. The van der Waals surface area contributed by atoms with Gasteiger partial charge in [-0.1, -0.05) is 148 Å². The van der Waals surface area contributed by atoms with Crippen LogP contribution in [0.15, 0.2) is 23.8 Å². The van der Waals surface area contributed by atoms with Crippen molar-refractivity contribution in [3.63, 3.8) is 0 Å². The van der Waals surface area contributed by atoms with E-state index in [9.17, 15) is 5.11 Å². The summed E-state index contributed by atoms with van der Waals surface area (Å²) in [7, 11) is 0. The molecular weight excluding hydrogens is 376 g/mol. The van der Waals surface area contributed by atoms with Crippen LogP contribution in [0.4, 0.5) is 0 Å². The molecule has 182 valence electrons. The van der Waals surface area contributed by atoms with E-state index in [0.29, 0.717) is 0 Å². The molecule has 0 aliphatic heterocycles. The Bertz CT molecular complexity index is 473. The van der Waals surface area contributed by atoms with Crippen molar-refractivity contribution in [3.8, 4) is 0 Å². The molecule has 1 aliphatic carbocycles. The lowest BCUT2D eigenvalue weighted by Crippen LogP contribution is -2.26. The van der Waals surface area contributed by atoms with Crippen LogP contribution in [0.3, 0.4) is 0 Å². The molecule has 0 saturated carbocycles. The van der Waals surface area contributed by atoms with E-state index in [1.807, 2.05) is 0 Å². The van der Waals surface area contributed by atoms with Crippen LogP contribution in [0.5, 0.6) is 0 Å². The van der Waals surface area contributed by atoms with Crippen LogP contribution >= 0.6 is 0 Å². The smallest absolute Gasteiger partial charge is 0.0865 e. The van der Waals surface area contributed by atoms with Gasteiger partial charge in [-0.05, 0) is 37.5 Å². The Labute approximate surface area is 196 Å². The van der Waals surface area contributed by atoms with Crippen molar-refractivity contribution in [1.82, 2.24) is 0 Å². The van der Waals surface area contributed by atoms with Gasteiger partial charge in [-0.3, -0.25) is 0 Å². The van der Waals surface area contributed by atoms with E-state index >= 15 is 0 Å². The van der Waals surface area contributed by atoms with E-state index in [1.165, 1.54) is 108 Å². The van der Waals surface area contributed by atoms with Gasteiger partial charge >= 0.3 is 0 Å². The first-order valence-electron chi connectivity index (χ1n) is 14.0. The van der Waals surface area contributed by atoms with E-state index in [1.54, 1.807) is 0 Å². The molecule has 1 N–H and O–H groups in total. The third-order valence-corrected chi connectivity index (χ3v) is 6.96. The molecule has 0 fully saturated rings. The molecule has 0 radical (unpaired) electrons. The van der Waals surface area contributed by atoms with Gasteiger partial charge < -0.3 is 5.11 Å². The maximum absolute atomic E-state index is 10.8. The fourth-order valence-electron chi connectivity index (χ4n) is 4.71. The van der Waals surface area contributed by atoms with Gasteiger partial charge in [0.1, 0.15) is 0 Å². The van der Waals surface area contributed by atoms with Gasteiger partial charge in [0.15, 0.2) is 0 Å². The van der Waals surface area contributed by atoms with Crippen molar-refractivity contribution < 1.29 is 5.11 Å². The summed E-state index contributed by atoms with van der Waals surface area (Å²) in [5.41, 5.74) is 0.875. The van der Waals surface area contributed by atoms with Gasteiger partial charge in [0.25, 0.3) is 0 Å². The fraction of sp³-hybridized carbons (Fsp3) is 0.867. The number of rotatable bonds is 20. The Kier molecular flexibility index (Phi) is 16.5. The SMILES string of the molecule is CC(C)CCCCCCCCCC1=CCC(O)(CCCCCCCCCC(C)C)C=C1. The summed E-state index contributed by atoms with van der Waals surface area (Å²) in [5.74, 6) is 1.72. The molecule has 0 saturated heterocycles. The molecule has 1 unspecified atom stereocenters. The number of allylic oxidation sites excluding steroid dienone is 2. The Morgan fingerprint density at radius 3 is 1.58 bits per heavy atom. The first kappa shape index (κ1) is 28.5. The van der Waals surface area contributed by atoms with Crippen molar-refractivity contribution in [1.29, 1.82) is 0 Å². The minimum atomic E-state index is -0.573. The second kappa shape index (κ2) is 17.9. The van der Waals surface area contributed by atoms with Crippen molar-refractivity contribution in [2.24, 2.45) is 11.8 Å². The first-order chi connectivity index (χ1) is 14.9. The maximum Gasteiger partial charge on any atom is 0.0865 e. The predicted octanol–water partition coefficient (Wildman–Crippen LogP) is 9.94. The van der Waals surface area contributed by atoms with Crippen LogP contribution in [0.1, 0.15) is 150 Å². The molecule has 0 aromatic rings. The van der Waals surface area contributed by atoms with Gasteiger partial charge in [-0.15, -0.1) is 0 Å². The number of unbranched alkanes of at least 4 members (excludes halogenated alkanes) is 12. The Hall–Kier alpha value is -0.560. The predicted molar refractivity (Wildman–Crippen MR) is 140 cm³/mol. The molecule has 1 atom stereocenters. The Morgan fingerprint density at radius 1 is 0.677 bits per heavy atom. The minimum absolute atomic E-state index is 0.573. The summed E-state index contributed by atoms with van der Waals surface area (Å²) in [6, 6.07) is 0. The van der Waals surface area contributed by atoms with Crippen molar-refractivity contribution >= 4 is 0 Å². The van der Waals surface area contributed by atoms with Crippen molar-refractivity contribution in [2.75, 3.05) is 0 Å². The number of hydrogen-bond acceptors (Lipinski definition) is 1. The van der Waals surface area contributed by atoms with E-state index in [0.717, 1.165) is 31.1 Å². The second-order valence-corrected chi connectivity index (χ2v) is 11.2. The second-order valence-electron chi connectivity index (χ2n) is 11.2. The van der Waals surface area contributed by atoms with Crippen LogP contribution in [0.25, 0.3) is 0 Å². The zero-order chi connectivity index (χ0) is 22.8. The van der Waals surface area contributed by atoms with Gasteiger partial charge in [-0.25, -0.2) is 0 Å². The highest BCUT2D eigenvalue weighted by Gasteiger charge is 2.24. The van der Waals surface area contributed by atoms with Crippen LogP contribution in [-0.2, 0) is 0 Å². The van der Waals surface area contributed by atoms with E-state index in [2.05, 4.69) is 45.9 Å². The van der Waals surface area contributed by atoms with Crippen LogP contribution in [0.2, 0.25) is 0 Å². The standard InChI is InChI=1S/C30H56O/c1-27(2)19-15-11-7-5-9-13-17-21-29-22-25-30(31,26-23-29)24-18-14-10-6-8-12-16-20-28(3)4/h22-23,25,27-28,31H,5-21,24,26H2,1-4H3. The topological polar surface area (TPSA) is 20.2 Å². The maximum atomic E-state index is 10.8. The van der Waals surface area contributed by atoms with E-state index in [-0.39, 0.29) is 0 Å². The lowest BCUT2D eigenvalue weighted by molar-refractivity contribution is 0.0798. The molecule has 0 aromatic heterocycles. The highest BCUT2D eigenvalue weighted by Crippen LogP contribution is 2.28. The molecule has 1 heteroatoms. The minimum Gasteiger partial charge on any atom is -0.385 e. The first-order valence-corrected chi connectivity index (χ1v) is 14.0. The normalized spacial score (nSPS) is 18.9. The largest absolute Gasteiger partial charge is 0.385 e. The van der Waals surface area contributed by atoms with Crippen LogP contribution < -0.4 is 0 Å². The molecule has 1 aliphatic rings. The molecular formula is C30H56O. The zero-order valence-electron chi connectivity index (χ0n) is 21.8. The van der Waals surface area contributed by atoms with Crippen LogP contribution in [0, 0.1) is 11.8 Å². The van der Waals surface area contributed by atoms with Gasteiger partial charge in [0.2, 0.25) is 0 Å². The highest BCUT2D eigenvalue weighted by atomic mass is 16.3. The highest BCUT2D eigenvalue weighted by molar-refractivity contribution is 5.27. The molecule has 0 amide bonds.